The molecule has 1 aromatic heterocycles. The maximum atomic E-state index is 10.6. The van der Waals surface area contributed by atoms with Gasteiger partial charge >= 0.3 is 0 Å². The Balaban J connectivity index is 2.51. The first-order valence-corrected chi connectivity index (χ1v) is 4.58. The average Bonchev–Trinajstić information content (AvgIpc) is 2.62. The number of amides is 1. The van der Waals surface area contributed by atoms with Gasteiger partial charge in [0.25, 0.3) is 0 Å². The van der Waals surface area contributed by atoms with Crippen molar-refractivity contribution in [3.05, 3.63) is 18.0 Å². The van der Waals surface area contributed by atoms with Crippen molar-refractivity contribution in [2.75, 3.05) is 6.54 Å². The van der Waals surface area contributed by atoms with Crippen LogP contribution < -0.4 is 5.32 Å². The number of carbonyl (C=O) groups excluding carboxylic acids is 1. The summed E-state index contributed by atoms with van der Waals surface area (Å²) in [7, 11) is 0. The molecule has 5 heteroatoms. The summed E-state index contributed by atoms with van der Waals surface area (Å²) < 4.78 is 1.73. The smallest absolute Gasteiger partial charge is 0.216 e. The molecule has 0 aromatic carbocycles. The number of nitrogens with zero attached hydrogens (tertiary/aromatic N) is 2. The van der Waals surface area contributed by atoms with E-state index in [1.165, 1.54) is 6.92 Å². The Labute approximate surface area is 82.7 Å². The van der Waals surface area contributed by atoms with E-state index in [0.717, 1.165) is 12.1 Å². The minimum absolute atomic E-state index is 0.146. The second kappa shape index (κ2) is 4.76. The monoisotopic (exact) mass is 197 g/mol. The number of aliphatic hydroxyl groups is 1. The third-order valence-corrected chi connectivity index (χ3v) is 1.91. The molecule has 0 spiro atoms. The van der Waals surface area contributed by atoms with Gasteiger partial charge in [-0.1, -0.05) is 0 Å². The van der Waals surface area contributed by atoms with Gasteiger partial charge in [-0.05, 0) is 6.92 Å². The molecule has 1 aromatic rings. The van der Waals surface area contributed by atoms with Gasteiger partial charge in [0.15, 0.2) is 0 Å². The van der Waals surface area contributed by atoms with E-state index in [-0.39, 0.29) is 12.5 Å². The highest BCUT2D eigenvalue weighted by atomic mass is 16.3. The molecule has 0 radical (unpaired) electrons. The lowest BCUT2D eigenvalue weighted by Crippen LogP contribution is -2.25. The number of hydrogen-bond acceptors (Lipinski definition) is 3. The number of aliphatic hydroxyl groups excluding tert-OH is 1. The summed E-state index contributed by atoms with van der Waals surface area (Å²) in [5.41, 5.74) is 0.723. The number of rotatable bonds is 4. The van der Waals surface area contributed by atoms with Crippen LogP contribution in [0.1, 0.15) is 25.5 Å². The molecule has 1 atom stereocenters. The molecule has 0 aliphatic carbocycles. The van der Waals surface area contributed by atoms with Gasteiger partial charge in [-0.3, -0.25) is 9.48 Å². The molecule has 0 aliphatic heterocycles. The molecule has 0 fully saturated rings. The third-order valence-electron chi connectivity index (χ3n) is 1.91. The van der Waals surface area contributed by atoms with Crippen LogP contribution in [-0.2, 0) is 11.3 Å². The number of nitrogens with one attached hydrogen (secondary N) is 1. The number of carbonyl (C=O) groups is 1. The second-order valence-corrected chi connectivity index (χ2v) is 3.08. The predicted octanol–water partition coefficient (Wildman–Crippen LogP) is 0.0725. The molecular formula is C9H15N3O2. The minimum Gasteiger partial charge on any atom is -0.386 e. The molecule has 1 rings (SSSR count). The van der Waals surface area contributed by atoms with Gasteiger partial charge in [0.2, 0.25) is 5.91 Å². The topological polar surface area (TPSA) is 67.2 Å². The summed E-state index contributed by atoms with van der Waals surface area (Å²) in [5.74, 6) is -0.146. The van der Waals surface area contributed by atoms with Crippen molar-refractivity contribution in [1.82, 2.24) is 15.1 Å². The Morgan fingerprint density at radius 3 is 3.00 bits per heavy atom. The summed E-state index contributed by atoms with van der Waals surface area (Å²) in [6, 6.07) is 0. The van der Waals surface area contributed by atoms with Gasteiger partial charge < -0.3 is 10.4 Å². The molecule has 0 bridgehead atoms. The molecule has 0 saturated heterocycles. The zero-order valence-electron chi connectivity index (χ0n) is 8.40. The Morgan fingerprint density at radius 1 is 1.79 bits per heavy atom. The predicted molar refractivity (Wildman–Crippen MR) is 51.5 cm³/mol. The van der Waals surface area contributed by atoms with E-state index in [1.807, 2.05) is 6.92 Å². The highest BCUT2D eigenvalue weighted by Gasteiger charge is 2.09. The Hall–Kier alpha value is -1.36. The van der Waals surface area contributed by atoms with Crippen molar-refractivity contribution >= 4 is 5.91 Å². The van der Waals surface area contributed by atoms with E-state index in [9.17, 15) is 9.90 Å². The van der Waals surface area contributed by atoms with Gasteiger partial charge in [-0.2, -0.15) is 5.10 Å². The maximum absolute atomic E-state index is 10.6. The van der Waals surface area contributed by atoms with Gasteiger partial charge in [0.05, 0.1) is 12.3 Å². The number of aromatic nitrogens is 2. The number of hydrogen-bond donors (Lipinski definition) is 2. The molecule has 1 unspecified atom stereocenters. The molecule has 0 aliphatic rings. The van der Waals surface area contributed by atoms with Crippen LogP contribution in [0.2, 0.25) is 0 Å². The normalized spacial score (nSPS) is 12.5. The fourth-order valence-corrected chi connectivity index (χ4v) is 1.08. The van der Waals surface area contributed by atoms with E-state index >= 15 is 0 Å². The van der Waals surface area contributed by atoms with Crippen LogP contribution >= 0.6 is 0 Å². The first kappa shape index (κ1) is 10.7. The fourth-order valence-electron chi connectivity index (χ4n) is 1.08. The van der Waals surface area contributed by atoms with Gasteiger partial charge in [0.1, 0.15) is 0 Å². The molecule has 1 amide bonds. The lowest BCUT2D eigenvalue weighted by atomic mass is 10.2. The zero-order valence-corrected chi connectivity index (χ0v) is 8.40. The summed E-state index contributed by atoms with van der Waals surface area (Å²) in [6.45, 7) is 4.39. The minimum atomic E-state index is -0.681. The molecule has 1 heterocycles. The van der Waals surface area contributed by atoms with Crippen molar-refractivity contribution in [1.29, 1.82) is 0 Å². The lowest BCUT2D eigenvalue weighted by molar-refractivity contribution is -0.119. The Bertz CT molecular complexity index is 309. The van der Waals surface area contributed by atoms with Crippen molar-refractivity contribution in [2.24, 2.45) is 0 Å². The molecule has 0 saturated carbocycles. The molecular weight excluding hydrogens is 182 g/mol. The van der Waals surface area contributed by atoms with E-state index in [2.05, 4.69) is 10.4 Å². The summed E-state index contributed by atoms with van der Waals surface area (Å²) >= 11 is 0. The van der Waals surface area contributed by atoms with E-state index < -0.39 is 6.10 Å². The summed E-state index contributed by atoms with van der Waals surface area (Å²) in [4.78, 5) is 10.6. The highest BCUT2D eigenvalue weighted by molar-refractivity contribution is 5.72. The SMILES string of the molecule is CCn1cc(C(O)CNC(C)=O)cn1. The molecule has 14 heavy (non-hydrogen) atoms. The van der Waals surface area contributed by atoms with Crippen LogP contribution in [0.3, 0.4) is 0 Å². The average molecular weight is 197 g/mol. The molecule has 2 N–H and O–H groups in total. The van der Waals surface area contributed by atoms with Gasteiger partial charge in [0, 0.05) is 31.8 Å². The van der Waals surface area contributed by atoms with Crippen molar-refractivity contribution in [3.8, 4) is 0 Å². The van der Waals surface area contributed by atoms with Gasteiger partial charge in [-0.15, -0.1) is 0 Å². The lowest BCUT2D eigenvalue weighted by Gasteiger charge is -2.07. The maximum Gasteiger partial charge on any atom is 0.216 e. The van der Waals surface area contributed by atoms with Crippen LogP contribution in [0.25, 0.3) is 0 Å². The largest absolute Gasteiger partial charge is 0.386 e. The van der Waals surface area contributed by atoms with Crippen molar-refractivity contribution < 1.29 is 9.90 Å². The van der Waals surface area contributed by atoms with Crippen molar-refractivity contribution in [2.45, 2.75) is 26.5 Å². The second-order valence-electron chi connectivity index (χ2n) is 3.08. The highest BCUT2D eigenvalue weighted by Crippen LogP contribution is 2.09. The van der Waals surface area contributed by atoms with Crippen LogP contribution in [0.5, 0.6) is 0 Å². The Morgan fingerprint density at radius 2 is 2.50 bits per heavy atom. The third kappa shape index (κ3) is 2.85. The zero-order chi connectivity index (χ0) is 10.6. The van der Waals surface area contributed by atoms with Crippen LogP contribution in [0.4, 0.5) is 0 Å². The van der Waals surface area contributed by atoms with Crippen LogP contribution in [0, 0.1) is 0 Å². The van der Waals surface area contributed by atoms with Gasteiger partial charge in [-0.25, -0.2) is 0 Å². The fraction of sp³-hybridized carbons (Fsp3) is 0.556. The summed E-state index contributed by atoms with van der Waals surface area (Å²) in [6.07, 6.45) is 2.70. The van der Waals surface area contributed by atoms with Crippen molar-refractivity contribution in [3.63, 3.8) is 0 Å². The van der Waals surface area contributed by atoms with E-state index in [0.29, 0.717) is 0 Å². The first-order valence-electron chi connectivity index (χ1n) is 4.58. The Kier molecular flexibility index (Phi) is 3.64. The molecule has 78 valence electrons. The standard InChI is InChI=1S/C9H15N3O2/c1-3-12-6-8(4-11-12)9(14)5-10-7(2)13/h4,6,9,14H,3,5H2,1-2H3,(H,10,13). The first-order chi connectivity index (χ1) is 6.63. The molecule has 5 nitrogen and oxygen atoms in total. The van der Waals surface area contributed by atoms with E-state index in [4.69, 9.17) is 0 Å². The summed E-state index contributed by atoms with van der Waals surface area (Å²) in [5, 5.41) is 16.2. The van der Waals surface area contributed by atoms with Crippen LogP contribution in [-0.4, -0.2) is 27.3 Å². The van der Waals surface area contributed by atoms with E-state index in [1.54, 1.807) is 17.1 Å². The quantitative estimate of drug-likeness (QED) is 0.718. The van der Waals surface area contributed by atoms with Crippen LogP contribution in [0.15, 0.2) is 12.4 Å². The number of aryl methyl sites for hydroxylation is 1.